The summed E-state index contributed by atoms with van der Waals surface area (Å²) >= 11 is 0. The predicted molar refractivity (Wildman–Crippen MR) is 72.7 cm³/mol. The fourth-order valence-corrected chi connectivity index (χ4v) is 1.83. The van der Waals surface area contributed by atoms with Crippen LogP contribution in [-0.2, 0) is 4.74 Å². The molecule has 0 radical (unpaired) electrons. The third kappa shape index (κ3) is 3.61. The van der Waals surface area contributed by atoms with Gasteiger partial charge in [-0.3, -0.25) is 9.78 Å². The van der Waals surface area contributed by atoms with Gasteiger partial charge in [-0.05, 0) is 29.8 Å². The van der Waals surface area contributed by atoms with Crippen LogP contribution >= 0.6 is 0 Å². The van der Waals surface area contributed by atoms with Crippen LogP contribution in [0.25, 0.3) is 0 Å². The summed E-state index contributed by atoms with van der Waals surface area (Å²) in [4.78, 5) is 15.7. The standard InChI is InChI=1S/C15H15FN2O2/c1-20-14(12-3-2-4-13(16)9-12)10-18-15(19)11-5-7-17-8-6-11/h2-9,14H,10H2,1H3,(H,18,19). The van der Waals surface area contributed by atoms with E-state index < -0.39 is 6.10 Å². The van der Waals surface area contributed by atoms with Crippen LogP contribution in [0, 0.1) is 5.82 Å². The molecule has 2 rings (SSSR count). The molecule has 1 atom stereocenters. The lowest BCUT2D eigenvalue weighted by atomic mass is 10.1. The third-order valence-corrected chi connectivity index (χ3v) is 2.90. The zero-order valence-corrected chi connectivity index (χ0v) is 11.0. The smallest absolute Gasteiger partial charge is 0.251 e. The van der Waals surface area contributed by atoms with Gasteiger partial charge in [-0.25, -0.2) is 4.39 Å². The molecular formula is C15H15FN2O2. The summed E-state index contributed by atoms with van der Waals surface area (Å²) in [6.45, 7) is 0.265. The number of nitrogens with zero attached hydrogens (tertiary/aromatic N) is 1. The summed E-state index contributed by atoms with van der Waals surface area (Å²) in [5, 5.41) is 2.75. The molecule has 0 aliphatic heterocycles. The third-order valence-electron chi connectivity index (χ3n) is 2.90. The van der Waals surface area contributed by atoms with Crippen LogP contribution in [0.2, 0.25) is 0 Å². The number of ether oxygens (including phenoxy) is 1. The van der Waals surface area contributed by atoms with Crippen LogP contribution < -0.4 is 5.32 Å². The van der Waals surface area contributed by atoms with Gasteiger partial charge in [0.15, 0.2) is 0 Å². The average molecular weight is 274 g/mol. The molecule has 1 N–H and O–H groups in total. The summed E-state index contributed by atoms with van der Waals surface area (Å²) in [5.41, 5.74) is 1.21. The number of carbonyl (C=O) groups is 1. The molecule has 0 aliphatic rings. The van der Waals surface area contributed by atoms with Gasteiger partial charge in [0.25, 0.3) is 5.91 Å². The molecule has 0 bridgehead atoms. The molecule has 1 amide bonds. The summed E-state index contributed by atoms with van der Waals surface area (Å²) < 4.78 is 18.5. The van der Waals surface area contributed by atoms with E-state index in [1.165, 1.54) is 19.2 Å². The normalized spacial score (nSPS) is 11.9. The fourth-order valence-electron chi connectivity index (χ4n) is 1.83. The van der Waals surface area contributed by atoms with Crippen LogP contribution in [0.3, 0.4) is 0 Å². The van der Waals surface area contributed by atoms with Gasteiger partial charge in [-0.2, -0.15) is 0 Å². The van der Waals surface area contributed by atoms with Crippen molar-refractivity contribution < 1.29 is 13.9 Å². The molecule has 104 valence electrons. The first-order valence-electron chi connectivity index (χ1n) is 6.17. The molecule has 20 heavy (non-hydrogen) atoms. The van der Waals surface area contributed by atoms with E-state index in [4.69, 9.17) is 4.74 Å². The van der Waals surface area contributed by atoms with Crippen LogP contribution in [0.5, 0.6) is 0 Å². The van der Waals surface area contributed by atoms with Crippen molar-refractivity contribution in [3.8, 4) is 0 Å². The SMILES string of the molecule is COC(CNC(=O)c1ccncc1)c1cccc(F)c1. The summed E-state index contributed by atoms with van der Waals surface area (Å²) in [7, 11) is 1.52. The Bertz CT molecular complexity index is 575. The number of rotatable bonds is 5. The quantitative estimate of drug-likeness (QED) is 0.910. The lowest BCUT2D eigenvalue weighted by Gasteiger charge is -2.16. The molecule has 1 aromatic heterocycles. The van der Waals surface area contributed by atoms with E-state index in [1.807, 2.05) is 0 Å². The Labute approximate surface area is 116 Å². The highest BCUT2D eigenvalue weighted by Gasteiger charge is 2.13. The molecule has 1 unspecified atom stereocenters. The number of halogens is 1. The largest absolute Gasteiger partial charge is 0.375 e. The maximum Gasteiger partial charge on any atom is 0.251 e. The van der Waals surface area contributed by atoms with E-state index in [0.29, 0.717) is 11.1 Å². The van der Waals surface area contributed by atoms with Crippen LogP contribution in [-0.4, -0.2) is 24.5 Å². The Morgan fingerprint density at radius 1 is 1.35 bits per heavy atom. The molecule has 1 heterocycles. The van der Waals surface area contributed by atoms with Crippen molar-refractivity contribution in [2.45, 2.75) is 6.10 Å². The molecule has 4 nitrogen and oxygen atoms in total. The number of methoxy groups -OCH3 is 1. The molecule has 0 saturated carbocycles. The molecule has 5 heteroatoms. The van der Waals surface area contributed by atoms with Gasteiger partial charge in [-0.1, -0.05) is 12.1 Å². The second-order valence-electron chi connectivity index (χ2n) is 4.23. The Morgan fingerprint density at radius 3 is 2.75 bits per heavy atom. The van der Waals surface area contributed by atoms with E-state index in [1.54, 1.807) is 36.7 Å². The highest BCUT2D eigenvalue weighted by molar-refractivity contribution is 5.93. The van der Waals surface area contributed by atoms with E-state index >= 15 is 0 Å². The molecule has 0 fully saturated rings. The van der Waals surface area contributed by atoms with Gasteiger partial charge >= 0.3 is 0 Å². The van der Waals surface area contributed by atoms with Gasteiger partial charge in [0, 0.05) is 31.6 Å². The Kier molecular flexibility index (Phi) is 4.79. The van der Waals surface area contributed by atoms with E-state index in [-0.39, 0.29) is 18.3 Å². The van der Waals surface area contributed by atoms with Gasteiger partial charge in [0.05, 0.1) is 6.10 Å². The van der Waals surface area contributed by atoms with Gasteiger partial charge in [0.2, 0.25) is 0 Å². The van der Waals surface area contributed by atoms with Crippen molar-refractivity contribution in [2.75, 3.05) is 13.7 Å². The monoisotopic (exact) mass is 274 g/mol. The average Bonchev–Trinajstić information content (AvgIpc) is 2.48. The van der Waals surface area contributed by atoms with Gasteiger partial charge in [0.1, 0.15) is 5.82 Å². The second kappa shape index (κ2) is 6.77. The van der Waals surface area contributed by atoms with Crippen molar-refractivity contribution >= 4 is 5.91 Å². The number of benzene rings is 1. The maximum atomic E-state index is 13.2. The van der Waals surface area contributed by atoms with Crippen LogP contribution in [0.1, 0.15) is 22.0 Å². The molecule has 0 spiro atoms. The molecule has 1 aromatic carbocycles. The lowest BCUT2D eigenvalue weighted by molar-refractivity contribution is 0.0827. The molecule has 2 aromatic rings. The first kappa shape index (κ1) is 14.1. The second-order valence-corrected chi connectivity index (χ2v) is 4.23. The summed E-state index contributed by atoms with van der Waals surface area (Å²) in [6.07, 6.45) is 2.71. The van der Waals surface area contributed by atoms with Crippen molar-refractivity contribution in [1.82, 2.24) is 10.3 Å². The van der Waals surface area contributed by atoms with Gasteiger partial charge in [-0.15, -0.1) is 0 Å². The topological polar surface area (TPSA) is 51.2 Å². The number of carbonyl (C=O) groups excluding carboxylic acids is 1. The van der Waals surface area contributed by atoms with Crippen molar-refractivity contribution in [2.24, 2.45) is 0 Å². The number of aromatic nitrogens is 1. The van der Waals surface area contributed by atoms with Crippen LogP contribution in [0.15, 0.2) is 48.8 Å². The first-order chi connectivity index (χ1) is 9.70. The van der Waals surface area contributed by atoms with Crippen molar-refractivity contribution in [1.29, 1.82) is 0 Å². The highest BCUT2D eigenvalue weighted by Crippen LogP contribution is 2.16. The summed E-state index contributed by atoms with van der Waals surface area (Å²) in [6, 6.07) is 9.38. The number of nitrogens with one attached hydrogen (secondary N) is 1. The first-order valence-corrected chi connectivity index (χ1v) is 6.17. The summed E-state index contributed by atoms with van der Waals surface area (Å²) in [5.74, 6) is -0.545. The molecule has 0 saturated heterocycles. The fraction of sp³-hybridized carbons (Fsp3) is 0.200. The van der Waals surface area contributed by atoms with Crippen LogP contribution in [0.4, 0.5) is 4.39 Å². The number of hydrogen-bond acceptors (Lipinski definition) is 3. The lowest BCUT2D eigenvalue weighted by Crippen LogP contribution is -2.29. The maximum absolute atomic E-state index is 13.2. The zero-order chi connectivity index (χ0) is 14.4. The number of pyridine rings is 1. The molecule has 0 aliphatic carbocycles. The van der Waals surface area contributed by atoms with E-state index in [0.717, 1.165) is 0 Å². The van der Waals surface area contributed by atoms with Gasteiger partial charge < -0.3 is 10.1 Å². The minimum atomic E-state index is -0.392. The minimum absolute atomic E-state index is 0.217. The Morgan fingerprint density at radius 2 is 2.10 bits per heavy atom. The van der Waals surface area contributed by atoms with Crippen molar-refractivity contribution in [3.05, 3.63) is 65.7 Å². The zero-order valence-electron chi connectivity index (χ0n) is 11.0. The van der Waals surface area contributed by atoms with E-state index in [2.05, 4.69) is 10.3 Å². The molecular weight excluding hydrogens is 259 g/mol. The predicted octanol–water partition coefficient (Wildman–Crippen LogP) is 2.34. The Hall–Kier alpha value is -2.27. The minimum Gasteiger partial charge on any atom is -0.375 e. The van der Waals surface area contributed by atoms with Crippen molar-refractivity contribution in [3.63, 3.8) is 0 Å². The Balaban J connectivity index is 1.99. The number of hydrogen-bond donors (Lipinski definition) is 1. The number of amides is 1. The van der Waals surface area contributed by atoms with E-state index in [9.17, 15) is 9.18 Å². The highest BCUT2D eigenvalue weighted by atomic mass is 19.1.